The maximum absolute atomic E-state index is 12.7. The Balaban J connectivity index is 1.48. The number of nitrogens with zero attached hydrogens (tertiary/aromatic N) is 1. The molecule has 1 aliphatic heterocycles. The van der Waals surface area contributed by atoms with Crippen LogP contribution in [0.5, 0.6) is 0 Å². The first-order valence-corrected chi connectivity index (χ1v) is 10.3. The molecule has 0 atom stereocenters. The molecular formula is C24H30N2O3. The Morgan fingerprint density at radius 3 is 2.45 bits per heavy atom. The van der Waals surface area contributed by atoms with Crippen LogP contribution in [0.25, 0.3) is 0 Å². The van der Waals surface area contributed by atoms with Gasteiger partial charge in [-0.15, -0.1) is 0 Å². The van der Waals surface area contributed by atoms with Gasteiger partial charge in [0.25, 0.3) is 11.8 Å². The van der Waals surface area contributed by atoms with Crippen LogP contribution in [-0.4, -0.2) is 50.1 Å². The summed E-state index contributed by atoms with van der Waals surface area (Å²) in [5.74, 6) is 0.630. The fourth-order valence-electron chi connectivity index (χ4n) is 3.80. The number of aryl methyl sites for hydroxylation is 1. The summed E-state index contributed by atoms with van der Waals surface area (Å²) in [4.78, 5) is 26.7. The second-order valence-electron chi connectivity index (χ2n) is 7.75. The number of piperidine rings is 1. The number of hydrogen-bond donors (Lipinski definition) is 1. The highest BCUT2D eigenvalue weighted by Gasteiger charge is 2.23. The first-order chi connectivity index (χ1) is 14.1. The smallest absolute Gasteiger partial charge is 0.253 e. The normalized spacial score (nSPS) is 14.6. The van der Waals surface area contributed by atoms with Gasteiger partial charge in [-0.05, 0) is 61.9 Å². The number of carbonyl (C=O) groups is 2. The molecule has 5 heteroatoms. The number of ether oxygens (including phenoxy) is 1. The van der Waals surface area contributed by atoms with Crippen molar-refractivity contribution in [3.8, 4) is 0 Å². The zero-order valence-corrected chi connectivity index (χ0v) is 17.3. The second-order valence-corrected chi connectivity index (χ2v) is 7.75. The summed E-state index contributed by atoms with van der Waals surface area (Å²) in [6.45, 7) is 4.64. The average molecular weight is 395 g/mol. The average Bonchev–Trinajstić information content (AvgIpc) is 2.74. The standard InChI is InChI=1S/C24H30N2O3/c1-18-4-3-5-22(16-18)24(28)26-13-10-20(11-14-26)17-19-6-8-21(9-7-19)23(27)25-12-15-29-2/h3-9,16,20H,10-15,17H2,1-2H3,(H,25,27). The Labute approximate surface area is 173 Å². The lowest BCUT2D eigenvalue weighted by molar-refractivity contribution is 0.0690. The topological polar surface area (TPSA) is 58.6 Å². The van der Waals surface area contributed by atoms with Crippen LogP contribution < -0.4 is 5.32 Å². The molecule has 29 heavy (non-hydrogen) atoms. The van der Waals surface area contributed by atoms with Crippen molar-refractivity contribution in [1.82, 2.24) is 10.2 Å². The van der Waals surface area contributed by atoms with Crippen molar-refractivity contribution >= 4 is 11.8 Å². The Morgan fingerprint density at radius 2 is 1.79 bits per heavy atom. The van der Waals surface area contributed by atoms with Crippen molar-refractivity contribution in [1.29, 1.82) is 0 Å². The lowest BCUT2D eigenvalue weighted by Crippen LogP contribution is -2.38. The molecule has 2 amide bonds. The van der Waals surface area contributed by atoms with Crippen molar-refractivity contribution in [3.05, 3.63) is 70.8 Å². The summed E-state index contributed by atoms with van der Waals surface area (Å²) >= 11 is 0. The second kappa shape index (κ2) is 10.2. The summed E-state index contributed by atoms with van der Waals surface area (Å²) in [5, 5.41) is 2.83. The highest BCUT2D eigenvalue weighted by atomic mass is 16.5. The molecule has 0 bridgehead atoms. The van der Waals surface area contributed by atoms with E-state index in [0.29, 0.717) is 24.6 Å². The predicted molar refractivity (Wildman–Crippen MR) is 114 cm³/mol. The monoisotopic (exact) mass is 394 g/mol. The van der Waals surface area contributed by atoms with Gasteiger partial charge in [-0.3, -0.25) is 9.59 Å². The zero-order valence-electron chi connectivity index (χ0n) is 17.3. The number of nitrogens with one attached hydrogen (secondary N) is 1. The molecule has 0 aromatic heterocycles. The van der Waals surface area contributed by atoms with Gasteiger partial charge in [-0.25, -0.2) is 0 Å². The van der Waals surface area contributed by atoms with Gasteiger partial charge in [0, 0.05) is 37.9 Å². The van der Waals surface area contributed by atoms with E-state index in [4.69, 9.17) is 4.74 Å². The molecule has 0 saturated carbocycles. The van der Waals surface area contributed by atoms with Gasteiger partial charge >= 0.3 is 0 Å². The van der Waals surface area contributed by atoms with E-state index in [9.17, 15) is 9.59 Å². The Bertz CT molecular complexity index is 824. The van der Waals surface area contributed by atoms with Crippen LogP contribution in [0.1, 0.15) is 44.7 Å². The number of carbonyl (C=O) groups excluding carboxylic acids is 2. The first-order valence-electron chi connectivity index (χ1n) is 10.3. The van der Waals surface area contributed by atoms with E-state index < -0.39 is 0 Å². The highest BCUT2D eigenvalue weighted by molar-refractivity contribution is 5.94. The van der Waals surface area contributed by atoms with E-state index in [1.54, 1.807) is 7.11 Å². The van der Waals surface area contributed by atoms with Gasteiger partial charge in [0.05, 0.1) is 6.61 Å². The van der Waals surface area contributed by atoms with E-state index in [2.05, 4.69) is 5.32 Å². The molecule has 0 spiro atoms. The lowest BCUT2D eigenvalue weighted by Gasteiger charge is -2.32. The molecule has 2 aromatic rings. The van der Waals surface area contributed by atoms with Crippen LogP contribution in [-0.2, 0) is 11.2 Å². The largest absolute Gasteiger partial charge is 0.383 e. The van der Waals surface area contributed by atoms with Crippen LogP contribution in [0.2, 0.25) is 0 Å². The summed E-state index contributed by atoms with van der Waals surface area (Å²) in [6, 6.07) is 15.6. The third-order valence-corrected chi connectivity index (χ3v) is 5.50. The van der Waals surface area contributed by atoms with Crippen molar-refractivity contribution in [3.63, 3.8) is 0 Å². The van der Waals surface area contributed by atoms with Crippen LogP contribution in [0.15, 0.2) is 48.5 Å². The van der Waals surface area contributed by atoms with Crippen LogP contribution in [0, 0.1) is 12.8 Å². The van der Waals surface area contributed by atoms with Gasteiger partial charge in [0.15, 0.2) is 0 Å². The molecule has 0 aliphatic carbocycles. The van der Waals surface area contributed by atoms with E-state index in [0.717, 1.165) is 43.5 Å². The fraction of sp³-hybridized carbons (Fsp3) is 0.417. The Morgan fingerprint density at radius 1 is 1.07 bits per heavy atom. The first kappa shape index (κ1) is 21.1. The number of hydrogen-bond acceptors (Lipinski definition) is 3. The summed E-state index contributed by atoms with van der Waals surface area (Å²) in [5.41, 5.74) is 3.80. The van der Waals surface area contributed by atoms with Crippen molar-refractivity contribution in [2.45, 2.75) is 26.2 Å². The summed E-state index contributed by atoms with van der Waals surface area (Å²) < 4.78 is 4.95. The van der Waals surface area contributed by atoms with Gasteiger partial charge in [-0.1, -0.05) is 29.8 Å². The number of methoxy groups -OCH3 is 1. The van der Waals surface area contributed by atoms with Crippen molar-refractivity contribution in [2.24, 2.45) is 5.92 Å². The van der Waals surface area contributed by atoms with E-state index in [-0.39, 0.29) is 11.8 Å². The molecular weight excluding hydrogens is 364 g/mol. The molecule has 0 unspecified atom stereocenters. The van der Waals surface area contributed by atoms with Gasteiger partial charge < -0.3 is 15.0 Å². The molecule has 154 valence electrons. The Hall–Kier alpha value is -2.66. The fourth-order valence-corrected chi connectivity index (χ4v) is 3.80. The maximum atomic E-state index is 12.7. The van der Waals surface area contributed by atoms with Crippen LogP contribution in [0.3, 0.4) is 0 Å². The van der Waals surface area contributed by atoms with Gasteiger partial charge in [-0.2, -0.15) is 0 Å². The third kappa shape index (κ3) is 5.91. The predicted octanol–water partition coefficient (Wildman–Crippen LogP) is 3.47. The SMILES string of the molecule is COCCNC(=O)c1ccc(CC2CCN(C(=O)c3cccc(C)c3)CC2)cc1. The molecule has 0 radical (unpaired) electrons. The number of rotatable bonds is 7. The number of likely N-dealkylation sites (tertiary alicyclic amines) is 1. The summed E-state index contributed by atoms with van der Waals surface area (Å²) in [6.07, 6.45) is 3.01. The maximum Gasteiger partial charge on any atom is 0.253 e. The minimum Gasteiger partial charge on any atom is -0.383 e. The van der Waals surface area contributed by atoms with Gasteiger partial charge in [0.2, 0.25) is 0 Å². The molecule has 3 rings (SSSR count). The minimum atomic E-state index is -0.0726. The minimum absolute atomic E-state index is 0.0726. The molecule has 1 N–H and O–H groups in total. The van der Waals surface area contributed by atoms with Crippen LogP contribution in [0.4, 0.5) is 0 Å². The molecule has 5 nitrogen and oxygen atoms in total. The van der Waals surface area contributed by atoms with Crippen molar-refractivity contribution < 1.29 is 14.3 Å². The number of amides is 2. The summed E-state index contributed by atoms with van der Waals surface area (Å²) in [7, 11) is 1.62. The molecule has 1 heterocycles. The molecule has 2 aromatic carbocycles. The van der Waals surface area contributed by atoms with E-state index in [1.807, 2.05) is 60.4 Å². The molecule has 1 saturated heterocycles. The van der Waals surface area contributed by atoms with Crippen molar-refractivity contribution in [2.75, 3.05) is 33.4 Å². The zero-order chi connectivity index (χ0) is 20.6. The molecule has 1 fully saturated rings. The third-order valence-electron chi connectivity index (χ3n) is 5.50. The quantitative estimate of drug-likeness (QED) is 0.732. The lowest BCUT2D eigenvalue weighted by atomic mass is 9.89. The number of benzene rings is 2. The highest BCUT2D eigenvalue weighted by Crippen LogP contribution is 2.23. The molecule has 1 aliphatic rings. The van der Waals surface area contributed by atoms with E-state index >= 15 is 0 Å². The Kier molecular flexibility index (Phi) is 7.42. The van der Waals surface area contributed by atoms with E-state index in [1.165, 1.54) is 5.56 Å². The van der Waals surface area contributed by atoms with Crippen LogP contribution >= 0.6 is 0 Å². The van der Waals surface area contributed by atoms with Gasteiger partial charge in [0.1, 0.15) is 0 Å².